The number of nitrogens with one attached hydrogen (secondary N) is 2. The molecule has 1 atom stereocenters. The molecule has 4 heterocycles. The minimum Gasteiger partial charge on any atom is -0.468 e. The average Bonchev–Trinajstić information content (AvgIpc) is 3.32. The van der Waals surface area contributed by atoms with Crippen LogP contribution in [0.3, 0.4) is 0 Å². The molecule has 2 amide bonds. The number of nitriles is 1. The summed E-state index contributed by atoms with van der Waals surface area (Å²) in [7, 11) is 1.70. The van der Waals surface area contributed by atoms with Crippen LogP contribution in [0.5, 0.6) is 5.88 Å². The number of urea groups is 1. The van der Waals surface area contributed by atoms with Crippen LogP contribution in [-0.2, 0) is 0 Å². The number of allylic oxidation sites excluding steroid dienone is 1. The van der Waals surface area contributed by atoms with Crippen molar-refractivity contribution in [2.45, 2.75) is 25.5 Å². The molecule has 2 N–H and O–H groups in total. The Labute approximate surface area is 195 Å². The van der Waals surface area contributed by atoms with E-state index in [-0.39, 0.29) is 31.0 Å². The van der Waals surface area contributed by atoms with Crippen LogP contribution in [-0.4, -0.2) is 64.6 Å². The lowest BCUT2D eigenvalue weighted by atomic mass is 10.1. The van der Waals surface area contributed by atoms with Crippen molar-refractivity contribution in [3.8, 4) is 11.9 Å². The highest BCUT2D eigenvalue weighted by Crippen LogP contribution is 2.31. The molecular weight excluding hydrogens is 439 g/mol. The van der Waals surface area contributed by atoms with Crippen LogP contribution in [0, 0.1) is 22.6 Å². The largest absolute Gasteiger partial charge is 0.468 e. The van der Waals surface area contributed by atoms with Crippen molar-refractivity contribution in [3.05, 3.63) is 58.8 Å². The summed E-state index contributed by atoms with van der Waals surface area (Å²) in [6.45, 7) is 2.27. The predicted octanol–water partition coefficient (Wildman–Crippen LogP) is 2.70. The van der Waals surface area contributed by atoms with E-state index in [9.17, 15) is 9.18 Å². The van der Waals surface area contributed by atoms with Crippen molar-refractivity contribution >= 4 is 24.2 Å². The van der Waals surface area contributed by atoms with Crippen molar-refractivity contribution < 1.29 is 13.9 Å². The highest BCUT2D eigenvalue weighted by atomic mass is 19.1. The highest BCUT2D eigenvalue weighted by molar-refractivity contribution is 5.87. The van der Waals surface area contributed by atoms with Gasteiger partial charge in [-0.05, 0) is 36.3 Å². The van der Waals surface area contributed by atoms with Crippen LogP contribution in [0.15, 0.2) is 41.3 Å². The van der Waals surface area contributed by atoms with E-state index in [1.165, 1.54) is 29.6 Å². The third-order valence-electron chi connectivity index (χ3n) is 5.63. The van der Waals surface area contributed by atoms with E-state index < -0.39 is 11.9 Å². The van der Waals surface area contributed by atoms with Crippen molar-refractivity contribution in [2.75, 3.05) is 20.1 Å². The maximum Gasteiger partial charge on any atom is 0.341 e. The quantitative estimate of drug-likeness (QED) is 0.635. The predicted molar refractivity (Wildman–Crippen MR) is 123 cm³/mol. The van der Waals surface area contributed by atoms with Crippen molar-refractivity contribution in [1.82, 2.24) is 25.2 Å². The van der Waals surface area contributed by atoms with Gasteiger partial charge in [-0.1, -0.05) is 0 Å². The van der Waals surface area contributed by atoms with Crippen LogP contribution in [0.4, 0.5) is 9.18 Å². The van der Waals surface area contributed by atoms with E-state index in [1.807, 2.05) is 6.07 Å². The van der Waals surface area contributed by atoms with Gasteiger partial charge >= 0.3 is 6.03 Å². The number of ether oxygens (including phenoxy) is 1. The summed E-state index contributed by atoms with van der Waals surface area (Å²) < 4.78 is 20.1. The van der Waals surface area contributed by atoms with Crippen molar-refractivity contribution in [2.24, 2.45) is 5.10 Å². The van der Waals surface area contributed by atoms with E-state index in [1.54, 1.807) is 37.3 Å². The van der Waals surface area contributed by atoms with E-state index in [2.05, 4.69) is 20.4 Å². The molecule has 2 aliphatic rings. The molecule has 2 aliphatic heterocycles. The Morgan fingerprint density at radius 2 is 2.18 bits per heavy atom. The highest BCUT2D eigenvalue weighted by Gasteiger charge is 2.39. The minimum absolute atomic E-state index is 0.156. The lowest BCUT2D eigenvalue weighted by Crippen LogP contribution is -2.59. The van der Waals surface area contributed by atoms with E-state index in [0.717, 1.165) is 5.56 Å². The van der Waals surface area contributed by atoms with Gasteiger partial charge in [0.15, 0.2) is 5.82 Å². The summed E-state index contributed by atoms with van der Waals surface area (Å²) >= 11 is 0. The molecule has 2 aromatic heterocycles. The number of amides is 2. The molecule has 1 saturated heterocycles. The molecule has 10 nitrogen and oxygen atoms in total. The molecule has 0 spiro atoms. The normalized spacial score (nSPS) is 18.1. The first kappa shape index (κ1) is 22.8. The van der Waals surface area contributed by atoms with Crippen LogP contribution >= 0.6 is 0 Å². The number of hydrogen-bond donors (Lipinski definition) is 2. The smallest absolute Gasteiger partial charge is 0.341 e. The maximum absolute atomic E-state index is 14.3. The van der Waals surface area contributed by atoms with Gasteiger partial charge in [0.2, 0.25) is 0 Å². The number of hydrazone groups is 1. The van der Waals surface area contributed by atoms with Gasteiger partial charge in [-0.15, -0.1) is 0 Å². The number of halogens is 1. The zero-order valence-electron chi connectivity index (χ0n) is 18.7. The molecule has 0 aromatic carbocycles. The SMILES string of the molecule is CN/C(=C(/C)C=N)c1ccc(F)c(OC2CN(C(=O)N3N=CC[C@H]3c3cncc(C#N)c3)C2)n1. The average molecular weight is 462 g/mol. The molecule has 1 fully saturated rings. The Balaban J connectivity index is 1.41. The fraction of sp³-hybridized carbons (Fsp3) is 0.304. The molecule has 2 aromatic rings. The molecule has 174 valence electrons. The second-order valence-corrected chi connectivity index (χ2v) is 7.88. The lowest BCUT2D eigenvalue weighted by Gasteiger charge is -2.40. The van der Waals surface area contributed by atoms with Gasteiger partial charge in [0.25, 0.3) is 5.88 Å². The van der Waals surface area contributed by atoms with Crippen molar-refractivity contribution in [1.29, 1.82) is 10.7 Å². The van der Waals surface area contributed by atoms with Gasteiger partial charge in [0.05, 0.1) is 36.1 Å². The Bertz CT molecular complexity index is 1220. The van der Waals surface area contributed by atoms with Gasteiger partial charge in [0.1, 0.15) is 12.2 Å². The molecule has 0 unspecified atom stereocenters. The summed E-state index contributed by atoms with van der Waals surface area (Å²) in [6.07, 6.45) is 6.04. The third kappa shape index (κ3) is 4.43. The molecule has 0 bridgehead atoms. The number of carbonyl (C=O) groups is 1. The number of likely N-dealkylation sites (tertiary alicyclic amines) is 1. The van der Waals surface area contributed by atoms with E-state index in [4.69, 9.17) is 15.4 Å². The zero-order chi connectivity index (χ0) is 24.2. The fourth-order valence-electron chi connectivity index (χ4n) is 3.79. The maximum atomic E-state index is 14.3. The molecule has 11 heteroatoms. The standard InChI is InChI=1S/C23H23FN8O2/c1-14(8-25)21(27-2)19-4-3-18(24)22(30-19)34-17-12-31(13-17)23(33)32-20(5-6-29-32)16-7-15(9-26)10-28-11-16/h3-4,6-8,10-11,17,20,25,27H,5,12-13H2,1-2H3/b21-14-,25-8?/t20-/m0/s1. The first-order chi connectivity index (χ1) is 16.4. The molecular formula is C23H23FN8O2. The Morgan fingerprint density at radius 1 is 1.38 bits per heavy atom. The zero-order valence-corrected chi connectivity index (χ0v) is 18.7. The number of carbonyl (C=O) groups excluding carboxylic acids is 1. The topological polar surface area (TPSA) is 131 Å². The molecule has 4 rings (SSSR count). The van der Waals surface area contributed by atoms with Gasteiger partial charge in [-0.25, -0.2) is 19.2 Å². The van der Waals surface area contributed by atoms with Gasteiger partial charge < -0.3 is 20.4 Å². The first-order valence-electron chi connectivity index (χ1n) is 10.6. The first-order valence-corrected chi connectivity index (χ1v) is 10.6. The fourth-order valence-corrected chi connectivity index (χ4v) is 3.79. The molecule has 0 saturated carbocycles. The van der Waals surface area contributed by atoms with E-state index in [0.29, 0.717) is 28.9 Å². The van der Waals surface area contributed by atoms with Crippen LogP contribution < -0.4 is 10.1 Å². The summed E-state index contributed by atoms with van der Waals surface area (Å²) in [4.78, 5) is 22.9. The summed E-state index contributed by atoms with van der Waals surface area (Å²) in [6, 6.07) is 5.89. The van der Waals surface area contributed by atoms with Gasteiger partial charge in [-0.3, -0.25) is 4.98 Å². The van der Waals surface area contributed by atoms with E-state index >= 15 is 0 Å². The summed E-state index contributed by atoms with van der Waals surface area (Å²) in [5, 5.41) is 25.1. The van der Waals surface area contributed by atoms with Crippen LogP contribution in [0.25, 0.3) is 5.70 Å². The number of hydrogen-bond acceptors (Lipinski definition) is 8. The van der Waals surface area contributed by atoms with Crippen LogP contribution in [0.2, 0.25) is 0 Å². The molecule has 0 radical (unpaired) electrons. The second kappa shape index (κ2) is 9.66. The Morgan fingerprint density at radius 3 is 2.88 bits per heavy atom. The third-order valence-corrected chi connectivity index (χ3v) is 5.63. The van der Waals surface area contributed by atoms with Crippen LogP contribution in [0.1, 0.15) is 36.2 Å². The molecule has 34 heavy (non-hydrogen) atoms. The number of rotatable bonds is 6. The number of pyridine rings is 2. The lowest BCUT2D eigenvalue weighted by molar-refractivity contribution is 0.0230. The molecule has 0 aliphatic carbocycles. The Kier molecular flexibility index (Phi) is 6.49. The Hall–Kier alpha value is -4.33. The minimum atomic E-state index is -0.606. The second-order valence-electron chi connectivity index (χ2n) is 7.88. The number of nitrogens with zero attached hydrogens (tertiary/aromatic N) is 6. The monoisotopic (exact) mass is 462 g/mol. The summed E-state index contributed by atoms with van der Waals surface area (Å²) in [5.41, 5.74) is 2.84. The van der Waals surface area contributed by atoms with Crippen molar-refractivity contribution in [3.63, 3.8) is 0 Å². The summed E-state index contributed by atoms with van der Waals surface area (Å²) in [5.74, 6) is -0.762. The number of aromatic nitrogens is 2. The van der Waals surface area contributed by atoms with Gasteiger partial charge in [-0.2, -0.15) is 10.4 Å². The van der Waals surface area contributed by atoms with Gasteiger partial charge in [0, 0.05) is 38.3 Å².